The number of nitriles is 1. The number of benzene rings is 7. The molecule has 48 heavy (non-hydrogen) atoms. The predicted octanol–water partition coefficient (Wildman–Crippen LogP) is 11.6. The van der Waals surface area contributed by atoms with Gasteiger partial charge in [0.15, 0.2) is 5.69 Å². The summed E-state index contributed by atoms with van der Waals surface area (Å²) in [5, 5.41) is 14.7. The summed E-state index contributed by atoms with van der Waals surface area (Å²) in [6.07, 6.45) is 0. The molecular formula is C44H26N4. The van der Waals surface area contributed by atoms with Gasteiger partial charge in [-0.3, -0.25) is 0 Å². The SMILES string of the molecule is [C-]#[N+]c1ccc2c(c1)c1ccccc1n2-c1ccccc1-c1ccc(-c2ccc(C#N)c(-n3c4ccccc4c4ccccc43)c2)cc1. The quantitative estimate of drug-likeness (QED) is 0.183. The van der Waals surface area contributed by atoms with Gasteiger partial charge in [-0.2, -0.15) is 5.26 Å². The number of para-hydroxylation sites is 4. The van der Waals surface area contributed by atoms with Gasteiger partial charge in [-0.25, -0.2) is 4.85 Å². The highest BCUT2D eigenvalue weighted by atomic mass is 15.0. The van der Waals surface area contributed by atoms with E-state index in [2.05, 4.69) is 141 Å². The van der Waals surface area contributed by atoms with Crippen molar-refractivity contribution in [1.29, 1.82) is 5.26 Å². The van der Waals surface area contributed by atoms with Crippen LogP contribution >= 0.6 is 0 Å². The third kappa shape index (κ3) is 4.14. The van der Waals surface area contributed by atoms with Gasteiger partial charge in [-0.05, 0) is 70.6 Å². The van der Waals surface area contributed by atoms with Crippen molar-refractivity contribution < 1.29 is 0 Å². The van der Waals surface area contributed by atoms with Gasteiger partial charge in [0.2, 0.25) is 0 Å². The van der Waals surface area contributed by atoms with Crippen LogP contribution in [0.3, 0.4) is 0 Å². The smallest absolute Gasteiger partial charge is 0.188 e. The van der Waals surface area contributed by atoms with E-state index in [1.807, 2.05) is 36.4 Å². The van der Waals surface area contributed by atoms with Crippen LogP contribution in [-0.4, -0.2) is 9.13 Å². The van der Waals surface area contributed by atoms with Crippen LogP contribution in [0, 0.1) is 17.9 Å². The summed E-state index contributed by atoms with van der Waals surface area (Å²) in [5.41, 5.74) is 11.9. The minimum Gasteiger partial charge on any atom is -0.309 e. The van der Waals surface area contributed by atoms with E-state index in [0.717, 1.165) is 66.5 Å². The van der Waals surface area contributed by atoms with Gasteiger partial charge in [-0.1, -0.05) is 109 Å². The molecule has 0 N–H and O–H groups in total. The first-order valence-electron chi connectivity index (χ1n) is 15.9. The van der Waals surface area contributed by atoms with Crippen LogP contribution in [0.2, 0.25) is 0 Å². The molecule has 0 bridgehead atoms. The first-order chi connectivity index (χ1) is 23.7. The molecule has 9 rings (SSSR count). The molecule has 7 aromatic carbocycles. The fourth-order valence-corrected chi connectivity index (χ4v) is 7.22. The number of nitrogens with zero attached hydrogens (tertiary/aromatic N) is 4. The molecule has 0 aliphatic carbocycles. The monoisotopic (exact) mass is 610 g/mol. The molecule has 0 atom stereocenters. The molecule has 0 saturated heterocycles. The Morgan fingerprint density at radius 2 is 0.979 bits per heavy atom. The highest BCUT2D eigenvalue weighted by Gasteiger charge is 2.17. The molecular weight excluding hydrogens is 585 g/mol. The second-order valence-electron chi connectivity index (χ2n) is 12.0. The van der Waals surface area contributed by atoms with E-state index in [9.17, 15) is 5.26 Å². The minimum atomic E-state index is 0.630. The van der Waals surface area contributed by atoms with Crippen LogP contribution in [0.5, 0.6) is 0 Å². The molecule has 0 amide bonds. The zero-order valence-electron chi connectivity index (χ0n) is 25.8. The zero-order chi connectivity index (χ0) is 32.2. The Balaban J connectivity index is 1.17. The molecule has 0 fully saturated rings. The highest BCUT2D eigenvalue weighted by Crippen LogP contribution is 2.39. The minimum absolute atomic E-state index is 0.630. The molecule has 9 aromatic rings. The maximum absolute atomic E-state index is 10.2. The molecule has 2 aromatic heterocycles. The molecule has 0 spiro atoms. The van der Waals surface area contributed by atoms with Crippen molar-refractivity contribution >= 4 is 49.3 Å². The third-order valence-corrected chi connectivity index (χ3v) is 9.40. The van der Waals surface area contributed by atoms with Crippen molar-refractivity contribution in [2.24, 2.45) is 0 Å². The topological polar surface area (TPSA) is 38.0 Å². The van der Waals surface area contributed by atoms with Gasteiger partial charge in [0.05, 0.1) is 45.6 Å². The van der Waals surface area contributed by atoms with Crippen LogP contribution < -0.4 is 0 Å². The number of hydrogen-bond donors (Lipinski definition) is 0. The fourth-order valence-electron chi connectivity index (χ4n) is 7.22. The maximum atomic E-state index is 10.2. The third-order valence-electron chi connectivity index (χ3n) is 9.40. The summed E-state index contributed by atoms with van der Waals surface area (Å²) in [6.45, 7) is 7.56. The number of aromatic nitrogens is 2. The predicted molar refractivity (Wildman–Crippen MR) is 197 cm³/mol. The molecule has 4 nitrogen and oxygen atoms in total. The zero-order valence-corrected chi connectivity index (χ0v) is 25.8. The van der Waals surface area contributed by atoms with E-state index in [-0.39, 0.29) is 0 Å². The van der Waals surface area contributed by atoms with Crippen molar-refractivity contribution in [3.05, 3.63) is 175 Å². The van der Waals surface area contributed by atoms with Crippen molar-refractivity contribution in [1.82, 2.24) is 9.13 Å². The Labute approximate surface area is 277 Å². The lowest BCUT2D eigenvalue weighted by Gasteiger charge is -2.15. The van der Waals surface area contributed by atoms with E-state index in [4.69, 9.17) is 6.57 Å². The maximum Gasteiger partial charge on any atom is 0.188 e. The van der Waals surface area contributed by atoms with Crippen LogP contribution in [0.15, 0.2) is 158 Å². The summed E-state index contributed by atoms with van der Waals surface area (Å²) in [4.78, 5) is 3.69. The summed E-state index contributed by atoms with van der Waals surface area (Å²) in [6, 6.07) is 56.8. The van der Waals surface area contributed by atoms with Gasteiger partial charge < -0.3 is 9.13 Å². The Hall–Kier alpha value is -6.88. The summed E-state index contributed by atoms with van der Waals surface area (Å²) in [7, 11) is 0. The molecule has 4 heteroatoms. The van der Waals surface area contributed by atoms with E-state index in [1.54, 1.807) is 0 Å². The lowest BCUT2D eigenvalue weighted by molar-refractivity contribution is 1.17. The normalized spacial score (nSPS) is 11.3. The number of rotatable bonds is 4. The molecule has 0 radical (unpaired) electrons. The Morgan fingerprint density at radius 1 is 0.458 bits per heavy atom. The second kappa shape index (κ2) is 10.9. The average Bonchev–Trinajstić information content (AvgIpc) is 3.67. The first kappa shape index (κ1) is 27.4. The lowest BCUT2D eigenvalue weighted by atomic mass is 9.98. The van der Waals surface area contributed by atoms with Crippen molar-refractivity contribution in [3.8, 4) is 39.7 Å². The summed E-state index contributed by atoms with van der Waals surface area (Å²) < 4.78 is 4.52. The van der Waals surface area contributed by atoms with Crippen LogP contribution in [-0.2, 0) is 0 Å². The standard InChI is InChI=1S/C44H26N4/c1-46-33-24-25-43-38(27-33)37-13-5-9-17-42(37)47(43)39-14-6-2-10-34(39)30-20-18-29(19-21-30)31-22-23-32(28-45)44(26-31)48-40-15-7-3-11-35(40)36-12-4-8-16-41(36)48/h2-27H. The highest BCUT2D eigenvalue weighted by molar-refractivity contribution is 6.11. The van der Waals surface area contributed by atoms with E-state index in [1.165, 1.54) is 10.8 Å². The molecule has 0 unspecified atom stereocenters. The molecule has 0 aliphatic heterocycles. The van der Waals surface area contributed by atoms with Crippen molar-refractivity contribution in [2.75, 3.05) is 0 Å². The largest absolute Gasteiger partial charge is 0.309 e. The lowest BCUT2D eigenvalue weighted by Crippen LogP contribution is -1.98. The first-order valence-corrected chi connectivity index (χ1v) is 15.9. The van der Waals surface area contributed by atoms with Gasteiger partial charge in [-0.15, -0.1) is 0 Å². The second-order valence-corrected chi connectivity index (χ2v) is 12.0. The Kier molecular flexibility index (Phi) is 6.22. The van der Waals surface area contributed by atoms with E-state index in [0.29, 0.717) is 11.3 Å². The fraction of sp³-hybridized carbons (Fsp3) is 0. The molecule has 222 valence electrons. The van der Waals surface area contributed by atoms with Crippen LogP contribution in [0.25, 0.3) is 82.1 Å². The molecule has 0 saturated carbocycles. The van der Waals surface area contributed by atoms with Gasteiger partial charge in [0.1, 0.15) is 6.07 Å². The Bertz CT molecular complexity index is 2750. The van der Waals surface area contributed by atoms with Gasteiger partial charge in [0, 0.05) is 21.7 Å². The van der Waals surface area contributed by atoms with Gasteiger partial charge >= 0.3 is 0 Å². The molecule has 0 aliphatic rings. The van der Waals surface area contributed by atoms with Crippen molar-refractivity contribution in [3.63, 3.8) is 0 Å². The summed E-state index contributed by atoms with van der Waals surface area (Å²) in [5.74, 6) is 0. The van der Waals surface area contributed by atoms with Crippen LogP contribution in [0.1, 0.15) is 5.56 Å². The van der Waals surface area contributed by atoms with E-state index < -0.39 is 0 Å². The van der Waals surface area contributed by atoms with Gasteiger partial charge in [0.25, 0.3) is 0 Å². The average molecular weight is 611 g/mol. The number of fused-ring (bicyclic) bond motifs is 6. The van der Waals surface area contributed by atoms with Crippen LogP contribution in [0.4, 0.5) is 5.69 Å². The Morgan fingerprint density at radius 3 is 1.62 bits per heavy atom. The van der Waals surface area contributed by atoms with Crippen molar-refractivity contribution in [2.45, 2.75) is 0 Å². The summed E-state index contributed by atoms with van der Waals surface area (Å²) >= 11 is 0. The van der Waals surface area contributed by atoms with E-state index >= 15 is 0 Å². The number of hydrogen-bond acceptors (Lipinski definition) is 1. The molecule has 2 heterocycles.